The lowest BCUT2D eigenvalue weighted by atomic mass is 9.77. The van der Waals surface area contributed by atoms with Crippen molar-refractivity contribution in [3.63, 3.8) is 0 Å². The minimum absolute atomic E-state index is 0.190. The first-order valence-corrected chi connectivity index (χ1v) is 6.86. The lowest BCUT2D eigenvalue weighted by Crippen LogP contribution is -2.44. The summed E-state index contributed by atoms with van der Waals surface area (Å²) in [5.74, 6) is 1.63. The van der Waals surface area contributed by atoms with Crippen LogP contribution in [-0.2, 0) is 5.54 Å². The van der Waals surface area contributed by atoms with Gasteiger partial charge in [0.25, 0.3) is 11.3 Å². The van der Waals surface area contributed by atoms with Gasteiger partial charge in [-0.05, 0) is 26.2 Å². The van der Waals surface area contributed by atoms with E-state index >= 15 is 0 Å². The quantitative estimate of drug-likeness (QED) is 0.632. The molecule has 4 rings (SSSR count). The molecule has 0 saturated heterocycles. The number of aromatic nitrogens is 6. The van der Waals surface area contributed by atoms with Gasteiger partial charge in [-0.3, -0.25) is 9.89 Å². The molecule has 4 N–H and O–H groups in total. The van der Waals surface area contributed by atoms with Gasteiger partial charge in [0.1, 0.15) is 11.5 Å². The molecule has 3 aromatic heterocycles. The number of hydrogen-bond donors (Lipinski definition) is 3. The van der Waals surface area contributed by atoms with Crippen molar-refractivity contribution in [3.05, 3.63) is 34.1 Å². The molecule has 8 nitrogen and oxygen atoms in total. The van der Waals surface area contributed by atoms with E-state index in [9.17, 15) is 4.79 Å². The predicted molar refractivity (Wildman–Crippen MR) is 75.6 cm³/mol. The summed E-state index contributed by atoms with van der Waals surface area (Å²) < 4.78 is 1.31. The average Bonchev–Trinajstić information content (AvgIpc) is 3.01. The zero-order chi connectivity index (χ0) is 14.6. The monoisotopic (exact) mass is 285 g/mol. The molecule has 21 heavy (non-hydrogen) atoms. The maximum Gasteiger partial charge on any atom is 0.274 e. The Hall–Kier alpha value is -2.48. The molecule has 0 amide bonds. The van der Waals surface area contributed by atoms with Crippen LogP contribution in [0.5, 0.6) is 0 Å². The van der Waals surface area contributed by atoms with Crippen molar-refractivity contribution in [3.8, 4) is 11.5 Å². The van der Waals surface area contributed by atoms with E-state index in [1.807, 2.05) is 0 Å². The fourth-order valence-corrected chi connectivity index (χ4v) is 2.60. The highest BCUT2D eigenvalue weighted by molar-refractivity contribution is 5.51. The summed E-state index contributed by atoms with van der Waals surface area (Å²) in [5.41, 5.74) is 7.04. The fourth-order valence-electron chi connectivity index (χ4n) is 2.60. The van der Waals surface area contributed by atoms with Gasteiger partial charge in [-0.2, -0.15) is 9.50 Å². The van der Waals surface area contributed by atoms with Crippen molar-refractivity contribution >= 4 is 5.78 Å². The maximum absolute atomic E-state index is 11.9. The zero-order valence-electron chi connectivity index (χ0n) is 11.6. The molecule has 0 aliphatic heterocycles. The Morgan fingerprint density at radius 1 is 1.38 bits per heavy atom. The SMILES string of the molecule is Cc1cc(=O)n2[nH]c(-c3cnc(C4(N)CCC4)[nH]3)nc2n1. The molecule has 1 saturated carbocycles. The highest BCUT2D eigenvalue weighted by atomic mass is 16.1. The molecule has 0 aromatic carbocycles. The van der Waals surface area contributed by atoms with E-state index in [2.05, 4.69) is 25.0 Å². The van der Waals surface area contributed by atoms with Crippen molar-refractivity contribution in [1.82, 2.24) is 29.5 Å². The zero-order valence-corrected chi connectivity index (χ0v) is 11.6. The second-order valence-corrected chi connectivity index (χ2v) is 5.60. The van der Waals surface area contributed by atoms with Crippen LogP contribution in [-0.4, -0.2) is 29.5 Å². The maximum atomic E-state index is 11.9. The molecule has 0 atom stereocenters. The number of fused-ring (bicyclic) bond motifs is 1. The van der Waals surface area contributed by atoms with Gasteiger partial charge in [0.05, 0.1) is 11.7 Å². The Morgan fingerprint density at radius 3 is 2.90 bits per heavy atom. The van der Waals surface area contributed by atoms with Gasteiger partial charge < -0.3 is 10.7 Å². The predicted octanol–water partition coefficient (Wildman–Crippen LogP) is 0.454. The van der Waals surface area contributed by atoms with Gasteiger partial charge in [-0.25, -0.2) is 9.97 Å². The third-order valence-electron chi connectivity index (χ3n) is 4.01. The van der Waals surface area contributed by atoms with E-state index in [0.29, 0.717) is 23.0 Å². The summed E-state index contributed by atoms with van der Waals surface area (Å²) in [7, 11) is 0. The molecule has 108 valence electrons. The second-order valence-electron chi connectivity index (χ2n) is 5.60. The third kappa shape index (κ3) is 1.79. The number of hydrogen-bond acceptors (Lipinski definition) is 5. The number of rotatable bonds is 2. The average molecular weight is 285 g/mol. The normalized spacial score (nSPS) is 17.0. The number of aryl methyl sites for hydroxylation is 1. The largest absolute Gasteiger partial charge is 0.338 e. The van der Waals surface area contributed by atoms with Crippen LogP contribution >= 0.6 is 0 Å². The van der Waals surface area contributed by atoms with E-state index < -0.39 is 0 Å². The van der Waals surface area contributed by atoms with E-state index in [1.54, 1.807) is 13.1 Å². The molecular weight excluding hydrogens is 270 g/mol. The first kappa shape index (κ1) is 12.3. The van der Waals surface area contributed by atoms with Crippen LogP contribution in [0.3, 0.4) is 0 Å². The number of H-pyrrole nitrogens is 2. The van der Waals surface area contributed by atoms with Gasteiger partial charge in [-0.15, -0.1) is 0 Å². The number of nitrogens with zero attached hydrogens (tertiary/aromatic N) is 4. The minimum Gasteiger partial charge on any atom is -0.338 e. The Labute approximate surface area is 119 Å². The Kier molecular flexibility index (Phi) is 2.35. The first-order chi connectivity index (χ1) is 10.0. The summed E-state index contributed by atoms with van der Waals surface area (Å²) in [6, 6.07) is 1.45. The summed E-state index contributed by atoms with van der Waals surface area (Å²) in [6.07, 6.45) is 4.66. The van der Waals surface area contributed by atoms with Crippen LogP contribution < -0.4 is 11.3 Å². The van der Waals surface area contributed by atoms with Crippen LogP contribution in [0.25, 0.3) is 17.3 Å². The van der Waals surface area contributed by atoms with Gasteiger partial charge in [0.2, 0.25) is 0 Å². The highest BCUT2D eigenvalue weighted by Crippen LogP contribution is 2.37. The van der Waals surface area contributed by atoms with Crippen molar-refractivity contribution in [2.75, 3.05) is 0 Å². The molecule has 0 bridgehead atoms. The fraction of sp³-hybridized carbons (Fsp3) is 0.385. The van der Waals surface area contributed by atoms with Gasteiger partial charge >= 0.3 is 0 Å². The minimum atomic E-state index is -0.351. The van der Waals surface area contributed by atoms with Crippen molar-refractivity contribution in [2.24, 2.45) is 5.73 Å². The van der Waals surface area contributed by atoms with Gasteiger partial charge in [0.15, 0.2) is 5.82 Å². The first-order valence-electron chi connectivity index (χ1n) is 6.86. The molecule has 0 radical (unpaired) electrons. The van der Waals surface area contributed by atoms with E-state index in [0.717, 1.165) is 25.1 Å². The van der Waals surface area contributed by atoms with E-state index in [1.165, 1.54) is 10.6 Å². The number of imidazole rings is 1. The smallest absolute Gasteiger partial charge is 0.274 e. The molecule has 3 heterocycles. The molecule has 0 spiro atoms. The number of aromatic amines is 2. The van der Waals surface area contributed by atoms with E-state index in [4.69, 9.17) is 5.73 Å². The summed E-state index contributed by atoms with van der Waals surface area (Å²) in [5, 5.41) is 2.93. The second kappa shape index (κ2) is 4.01. The highest BCUT2D eigenvalue weighted by Gasteiger charge is 2.37. The van der Waals surface area contributed by atoms with Crippen LogP contribution in [0, 0.1) is 6.92 Å². The molecule has 1 aliphatic rings. The Bertz CT molecular complexity index is 883. The summed E-state index contributed by atoms with van der Waals surface area (Å²) in [6.45, 7) is 1.76. The molecule has 3 aromatic rings. The molecule has 1 aliphatic carbocycles. The standard InChI is InChI=1S/C13H15N7O/c1-7-5-9(21)20-12(16-7)18-10(19-20)8-6-15-11(17-8)13(14)3-2-4-13/h5-6H,2-4,14H2,1H3,(H,15,17)(H,16,18,19). The van der Waals surface area contributed by atoms with E-state index in [-0.39, 0.29) is 11.1 Å². The van der Waals surface area contributed by atoms with Crippen molar-refractivity contribution in [1.29, 1.82) is 0 Å². The van der Waals surface area contributed by atoms with Crippen molar-refractivity contribution < 1.29 is 0 Å². The third-order valence-corrected chi connectivity index (χ3v) is 4.01. The topological polar surface area (TPSA) is 118 Å². The number of nitrogens with one attached hydrogen (secondary N) is 2. The van der Waals surface area contributed by atoms with Crippen LogP contribution in [0.2, 0.25) is 0 Å². The van der Waals surface area contributed by atoms with Gasteiger partial charge in [0, 0.05) is 11.8 Å². The summed E-state index contributed by atoms with van der Waals surface area (Å²) in [4.78, 5) is 28.0. The molecule has 0 unspecified atom stereocenters. The Balaban J connectivity index is 1.80. The van der Waals surface area contributed by atoms with Crippen molar-refractivity contribution in [2.45, 2.75) is 31.7 Å². The van der Waals surface area contributed by atoms with Crippen LogP contribution in [0.4, 0.5) is 0 Å². The lowest BCUT2D eigenvalue weighted by Gasteiger charge is -2.35. The molecule has 1 fully saturated rings. The van der Waals surface area contributed by atoms with Gasteiger partial charge in [-0.1, -0.05) is 0 Å². The summed E-state index contributed by atoms with van der Waals surface area (Å²) >= 11 is 0. The number of nitrogens with two attached hydrogens (primary N) is 1. The lowest BCUT2D eigenvalue weighted by molar-refractivity contribution is 0.240. The van der Waals surface area contributed by atoms with Crippen LogP contribution in [0.15, 0.2) is 17.1 Å². The van der Waals surface area contributed by atoms with Crippen LogP contribution in [0.1, 0.15) is 30.8 Å². The Morgan fingerprint density at radius 2 is 2.19 bits per heavy atom. The molecule has 8 heteroatoms. The molecular formula is C13H15N7O.